The number of hydrogen-bond acceptors (Lipinski definition) is 3. The Labute approximate surface area is 126 Å². The lowest BCUT2D eigenvalue weighted by Gasteiger charge is -2.10. The zero-order chi connectivity index (χ0) is 15.1. The van der Waals surface area contributed by atoms with Crippen LogP contribution in [0.3, 0.4) is 0 Å². The molecule has 0 amide bonds. The molecule has 0 fully saturated rings. The van der Waals surface area contributed by atoms with Gasteiger partial charge in [0.2, 0.25) is 5.65 Å². The van der Waals surface area contributed by atoms with E-state index in [0.717, 1.165) is 17.1 Å². The smallest absolute Gasteiger partial charge is 0.280 e. The lowest BCUT2D eigenvalue weighted by atomic mass is 10.2. The number of fused-ring (bicyclic) bond motifs is 1. The quantitative estimate of drug-likeness (QED) is 0.731. The topological polar surface area (TPSA) is 52.2 Å². The van der Waals surface area contributed by atoms with Crippen molar-refractivity contribution in [3.05, 3.63) is 57.4 Å². The number of aromatic nitrogens is 4. The fourth-order valence-corrected chi connectivity index (χ4v) is 2.51. The average Bonchev–Trinajstić information content (AvgIpc) is 2.88. The van der Waals surface area contributed by atoms with Gasteiger partial charge in [0.25, 0.3) is 0 Å². The maximum absolute atomic E-state index is 12.6. The Hall–Kier alpha value is -2.14. The van der Waals surface area contributed by atoms with E-state index < -0.39 is 0 Å². The highest BCUT2D eigenvalue weighted by Crippen LogP contribution is 2.21. The van der Waals surface area contributed by atoms with E-state index in [1.54, 1.807) is 21.2 Å². The van der Waals surface area contributed by atoms with E-state index in [4.69, 9.17) is 11.6 Å². The molecule has 0 aliphatic carbocycles. The van der Waals surface area contributed by atoms with Crippen LogP contribution in [0, 0.1) is 6.92 Å². The van der Waals surface area contributed by atoms with E-state index in [1.165, 1.54) is 0 Å². The van der Waals surface area contributed by atoms with Crippen molar-refractivity contribution in [3.63, 3.8) is 0 Å². The molecule has 0 bridgehead atoms. The van der Waals surface area contributed by atoms with E-state index in [2.05, 4.69) is 10.2 Å². The molecule has 3 rings (SSSR count). The van der Waals surface area contributed by atoms with Crippen molar-refractivity contribution in [2.75, 3.05) is 0 Å². The number of hydrogen-bond donors (Lipinski definition) is 0. The third-order valence-corrected chi connectivity index (χ3v) is 3.92. The zero-order valence-electron chi connectivity index (χ0n) is 12.0. The van der Waals surface area contributed by atoms with Crippen LogP contribution < -0.4 is 5.56 Å². The van der Waals surface area contributed by atoms with Crippen molar-refractivity contribution < 1.29 is 0 Å². The lowest BCUT2D eigenvalue weighted by Crippen LogP contribution is -2.21. The Morgan fingerprint density at radius 1 is 1.19 bits per heavy atom. The molecule has 21 heavy (non-hydrogen) atoms. The van der Waals surface area contributed by atoms with Crippen LogP contribution in [0.15, 0.2) is 35.4 Å². The van der Waals surface area contributed by atoms with Crippen LogP contribution in [0.2, 0.25) is 5.02 Å². The molecule has 0 radical (unpaired) electrons. The standard InChI is InChI=1S/C15H15ClN4O/c1-9(2)13-17-18-14-15(21)19(7-8-20(13)14)12-6-4-5-11(16)10(12)3/h4-9H,1-3H3. The van der Waals surface area contributed by atoms with Crippen LogP contribution in [0.5, 0.6) is 0 Å². The molecule has 0 saturated heterocycles. The van der Waals surface area contributed by atoms with Crippen molar-refractivity contribution in [3.8, 4) is 5.69 Å². The van der Waals surface area contributed by atoms with Crippen LogP contribution in [0.25, 0.3) is 11.3 Å². The fraction of sp³-hybridized carbons (Fsp3) is 0.267. The Balaban J connectivity index is 2.29. The molecule has 0 spiro atoms. The Morgan fingerprint density at radius 2 is 1.95 bits per heavy atom. The van der Waals surface area contributed by atoms with E-state index in [0.29, 0.717) is 10.7 Å². The van der Waals surface area contributed by atoms with Gasteiger partial charge in [-0.1, -0.05) is 31.5 Å². The number of rotatable bonds is 2. The molecular formula is C15H15ClN4O. The molecule has 0 unspecified atom stereocenters. The van der Waals surface area contributed by atoms with Crippen molar-refractivity contribution in [2.45, 2.75) is 26.7 Å². The zero-order valence-corrected chi connectivity index (χ0v) is 12.8. The maximum Gasteiger partial charge on any atom is 0.300 e. The summed E-state index contributed by atoms with van der Waals surface area (Å²) in [5.74, 6) is 0.972. The summed E-state index contributed by atoms with van der Waals surface area (Å²) in [4.78, 5) is 12.6. The molecule has 2 heterocycles. The third kappa shape index (κ3) is 2.14. The molecule has 0 aliphatic heterocycles. The van der Waals surface area contributed by atoms with Gasteiger partial charge in [0.1, 0.15) is 5.82 Å². The Bertz CT molecular complexity index is 879. The predicted octanol–water partition coefficient (Wildman–Crippen LogP) is 2.97. The van der Waals surface area contributed by atoms with Crippen molar-refractivity contribution >= 4 is 17.2 Å². The van der Waals surface area contributed by atoms with E-state index in [-0.39, 0.29) is 11.5 Å². The van der Waals surface area contributed by atoms with Crippen LogP contribution in [0.1, 0.15) is 31.2 Å². The first-order valence-electron chi connectivity index (χ1n) is 6.72. The van der Waals surface area contributed by atoms with Gasteiger partial charge in [-0.15, -0.1) is 10.2 Å². The average molecular weight is 303 g/mol. The summed E-state index contributed by atoms with van der Waals surface area (Å²) in [6.45, 7) is 5.92. The van der Waals surface area contributed by atoms with Crippen LogP contribution in [0.4, 0.5) is 0 Å². The molecule has 0 N–H and O–H groups in total. The summed E-state index contributed by atoms with van der Waals surface area (Å²) in [6.07, 6.45) is 3.54. The normalized spacial score (nSPS) is 11.5. The molecule has 0 atom stereocenters. The molecule has 3 aromatic rings. The van der Waals surface area contributed by atoms with Gasteiger partial charge in [0.15, 0.2) is 0 Å². The van der Waals surface area contributed by atoms with Crippen LogP contribution in [-0.2, 0) is 0 Å². The second-order valence-electron chi connectivity index (χ2n) is 5.26. The van der Waals surface area contributed by atoms with Gasteiger partial charge in [-0.25, -0.2) is 0 Å². The Kier molecular flexibility index (Phi) is 3.29. The first kappa shape index (κ1) is 13.8. The summed E-state index contributed by atoms with van der Waals surface area (Å²) in [5, 5.41) is 8.76. The molecule has 0 aliphatic rings. The molecular weight excluding hydrogens is 288 g/mol. The van der Waals surface area contributed by atoms with Crippen LogP contribution in [-0.4, -0.2) is 19.2 Å². The van der Waals surface area contributed by atoms with Gasteiger partial charge < -0.3 is 0 Å². The molecule has 1 aromatic carbocycles. The van der Waals surface area contributed by atoms with Gasteiger partial charge in [-0.3, -0.25) is 13.8 Å². The molecule has 2 aromatic heterocycles. The van der Waals surface area contributed by atoms with Gasteiger partial charge >= 0.3 is 5.56 Å². The summed E-state index contributed by atoms with van der Waals surface area (Å²) >= 11 is 6.13. The second-order valence-corrected chi connectivity index (χ2v) is 5.67. The maximum atomic E-state index is 12.6. The highest BCUT2D eigenvalue weighted by atomic mass is 35.5. The predicted molar refractivity (Wildman–Crippen MR) is 82.4 cm³/mol. The van der Waals surface area contributed by atoms with E-state index in [1.807, 2.05) is 39.1 Å². The summed E-state index contributed by atoms with van der Waals surface area (Å²) < 4.78 is 3.29. The minimum atomic E-state index is -0.206. The Morgan fingerprint density at radius 3 is 2.67 bits per heavy atom. The third-order valence-electron chi connectivity index (χ3n) is 3.51. The molecule has 5 nitrogen and oxygen atoms in total. The molecule has 0 saturated carbocycles. The fourth-order valence-electron chi connectivity index (χ4n) is 2.35. The van der Waals surface area contributed by atoms with Crippen molar-refractivity contribution in [1.29, 1.82) is 0 Å². The van der Waals surface area contributed by atoms with Crippen molar-refractivity contribution in [1.82, 2.24) is 19.2 Å². The minimum Gasteiger partial charge on any atom is -0.280 e. The second kappa shape index (κ2) is 5.00. The molecule has 6 heteroatoms. The molecule has 108 valence electrons. The number of halogens is 1. The first-order chi connectivity index (χ1) is 10.0. The van der Waals surface area contributed by atoms with E-state index >= 15 is 0 Å². The highest BCUT2D eigenvalue weighted by Gasteiger charge is 2.14. The lowest BCUT2D eigenvalue weighted by molar-refractivity contribution is 0.755. The summed E-state index contributed by atoms with van der Waals surface area (Å²) in [6, 6.07) is 5.49. The number of nitrogens with zero attached hydrogens (tertiary/aromatic N) is 4. The summed E-state index contributed by atoms with van der Waals surface area (Å²) in [5.41, 5.74) is 1.72. The van der Waals surface area contributed by atoms with Gasteiger partial charge in [-0.2, -0.15) is 0 Å². The minimum absolute atomic E-state index is 0.197. The van der Waals surface area contributed by atoms with Gasteiger partial charge in [-0.05, 0) is 24.6 Å². The number of benzene rings is 1. The van der Waals surface area contributed by atoms with E-state index in [9.17, 15) is 4.79 Å². The largest absolute Gasteiger partial charge is 0.300 e. The first-order valence-corrected chi connectivity index (χ1v) is 7.10. The SMILES string of the molecule is Cc1c(Cl)cccc1-n1ccn2c(C(C)C)nnc2c1=O. The monoisotopic (exact) mass is 302 g/mol. The van der Waals surface area contributed by atoms with Gasteiger partial charge in [0, 0.05) is 23.3 Å². The van der Waals surface area contributed by atoms with Gasteiger partial charge in [0.05, 0.1) is 5.69 Å². The highest BCUT2D eigenvalue weighted by molar-refractivity contribution is 6.31. The van der Waals surface area contributed by atoms with Crippen LogP contribution >= 0.6 is 11.6 Å². The summed E-state index contributed by atoms with van der Waals surface area (Å²) in [7, 11) is 0. The van der Waals surface area contributed by atoms with Crippen molar-refractivity contribution in [2.24, 2.45) is 0 Å².